The van der Waals surface area contributed by atoms with E-state index in [1.807, 2.05) is 12.2 Å². The van der Waals surface area contributed by atoms with E-state index in [9.17, 15) is 9.18 Å². The molecule has 1 atom stereocenters. The van der Waals surface area contributed by atoms with E-state index in [2.05, 4.69) is 10.6 Å². The lowest BCUT2D eigenvalue weighted by atomic mass is 10.1. The van der Waals surface area contributed by atoms with Crippen LogP contribution in [0.5, 0.6) is 0 Å². The van der Waals surface area contributed by atoms with Gasteiger partial charge < -0.3 is 10.5 Å². The van der Waals surface area contributed by atoms with Crippen molar-refractivity contribution in [1.82, 2.24) is 10.6 Å². The summed E-state index contributed by atoms with van der Waals surface area (Å²) >= 11 is 0. The van der Waals surface area contributed by atoms with E-state index < -0.39 is 18.0 Å². The van der Waals surface area contributed by atoms with Crippen molar-refractivity contribution in [2.24, 2.45) is 5.73 Å². The van der Waals surface area contributed by atoms with Crippen molar-refractivity contribution >= 4 is 6.09 Å². The predicted octanol–water partition coefficient (Wildman–Crippen LogP) is 2.16. The highest BCUT2D eigenvalue weighted by atomic mass is 19.1. The highest BCUT2D eigenvalue weighted by molar-refractivity contribution is 5.69. The van der Waals surface area contributed by atoms with Gasteiger partial charge in [-0.1, -0.05) is 24.3 Å². The highest BCUT2D eigenvalue weighted by Gasteiger charge is 2.23. The number of nitrogens with two attached hydrogens (primary N) is 1. The maximum atomic E-state index is 12.8. The normalized spacial score (nSPS) is 17.0. The van der Waals surface area contributed by atoms with Crippen LogP contribution < -0.4 is 16.4 Å². The summed E-state index contributed by atoms with van der Waals surface area (Å²) < 4.78 is 18.0. The standard InChI is InChI=1S/C16H20FN3O2/c1-12(19-11-13-5-7-14(17)8-6-13)22-15(21)20-16(18)9-3-2-4-10-16/h3-10,12,19H,2,11,18H2,1H3,(H,20,21). The highest BCUT2D eigenvalue weighted by Crippen LogP contribution is 2.09. The first kappa shape index (κ1) is 16.2. The molecule has 2 rings (SSSR count). The summed E-state index contributed by atoms with van der Waals surface area (Å²) in [6, 6.07) is 6.10. The Kier molecular flexibility index (Phi) is 5.30. The number of carbonyl (C=O) groups excluding carboxylic acids is 1. The average Bonchev–Trinajstić information content (AvgIpc) is 2.46. The number of allylic oxidation sites excluding steroid dienone is 2. The summed E-state index contributed by atoms with van der Waals surface area (Å²) in [6.07, 6.45) is 6.84. The minimum Gasteiger partial charge on any atom is -0.431 e. The van der Waals surface area contributed by atoms with Crippen molar-refractivity contribution in [3.8, 4) is 0 Å². The Morgan fingerprint density at radius 1 is 1.36 bits per heavy atom. The molecule has 1 amide bonds. The fourth-order valence-corrected chi connectivity index (χ4v) is 2.02. The van der Waals surface area contributed by atoms with Crippen LogP contribution in [-0.4, -0.2) is 18.0 Å². The van der Waals surface area contributed by atoms with Crippen molar-refractivity contribution in [3.05, 3.63) is 60.0 Å². The zero-order valence-corrected chi connectivity index (χ0v) is 12.4. The summed E-state index contributed by atoms with van der Waals surface area (Å²) in [6.45, 7) is 2.17. The second-order valence-corrected chi connectivity index (χ2v) is 5.15. The number of alkyl carbamates (subject to hydrolysis) is 1. The second kappa shape index (κ2) is 7.20. The molecule has 0 saturated heterocycles. The van der Waals surface area contributed by atoms with E-state index in [0.717, 1.165) is 12.0 Å². The number of amides is 1. The van der Waals surface area contributed by atoms with Crippen LogP contribution >= 0.6 is 0 Å². The van der Waals surface area contributed by atoms with Crippen LogP contribution in [0.3, 0.4) is 0 Å². The maximum Gasteiger partial charge on any atom is 0.410 e. The number of hydrogen-bond acceptors (Lipinski definition) is 4. The van der Waals surface area contributed by atoms with Gasteiger partial charge in [-0.25, -0.2) is 9.18 Å². The molecule has 1 aliphatic rings. The third kappa shape index (κ3) is 4.98. The molecule has 1 aromatic carbocycles. The summed E-state index contributed by atoms with van der Waals surface area (Å²) in [5.41, 5.74) is 5.86. The van der Waals surface area contributed by atoms with Gasteiger partial charge in [0.25, 0.3) is 0 Å². The third-order valence-electron chi connectivity index (χ3n) is 3.17. The van der Waals surface area contributed by atoms with Gasteiger partial charge in [0.05, 0.1) is 0 Å². The Morgan fingerprint density at radius 3 is 2.64 bits per heavy atom. The van der Waals surface area contributed by atoms with Crippen molar-refractivity contribution in [3.63, 3.8) is 0 Å². The molecule has 6 heteroatoms. The largest absolute Gasteiger partial charge is 0.431 e. The van der Waals surface area contributed by atoms with Crippen LogP contribution in [0, 0.1) is 5.82 Å². The van der Waals surface area contributed by atoms with Crippen LogP contribution in [0.2, 0.25) is 0 Å². The number of ether oxygens (including phenoxy) is 1. The molecule has 0 saturated carbocycles. The minimum absolute atomic E-state index is 0.283. The van der Waals surface area contributed by atoms with E-state index in [1.165, 1.54) is 12.1 Å². The zero-order valence-electron chi connectivity index (χ0n) is 12.4. The van der Waals surface area contributed by atoms with E-state index >= 15 is 0 Å². The van der Waals surface area contributed by atoms with Crippen LogP contribution in [0.25, 0.3) is 0 Å². The van der Waals surface area contributed by atoms with E-state index in [-0.39, 0.29) is 5.82 Å². The van der Waals surface area contributed by atoms with E-state index in [4.69, 9.17) is 10.5 Å². The van der Waals surface area contributed by atoms with Crippen molar-refractivity contribution in [2.45, 2.75) is 31.8 Å². The first-order valence-corrected chi connectivity index (χ1v) is 7.08. The van der Waals surface area contributed by atoms with Gasteiger partial charge in [0, 0.05) is 6.54 Å². The average molecular weight is 305 g/mol. The maximum absolute atomic E-state index is 12.8. The molecule has 0 aromatic heterocycles. The molecule has 0 radical (unpaired) electrons. The van der Waals surface area contributed by atoms with Crippen LogP contribution in [0.1, 0.15) is 18.9 Å². The molecule has 1 unspecified atom stereocenters. The van der Waals surface area contributed by atoms with E-state index in [1.54, 1.807) is 31.2 Å². The molecular weight excluding hydrogens is 285 g/mol. The number of carbonyl (C=O) groups is 1. The second-order valence-electron chi connectivity index (χ2n) is 5.15. The van der Waals surface area contributed by atoms with Gasteiger partial charge in [-0.2, -0.15) is 0 Å². The molecule has 0 bridgehead atoms. The SMILES string of the molecule is CC(NCc1ccc(F)cc1)OC(=O)NC1(N)C=CCC=C1. The first-order valence-electron chi connectivity index (χ1n) is 7.08. The molecule has 0 fully saturated rings. The fourth-order valence-electron chi connectivity index (χ4n) is 2.02. The van der Waals surface area contributed by atoms with E-state index in [0.29, 0.717) is 6.54 Å². The molecule has 118 valence electrons. The summed E-state index contributed by atoms with van der Waals surface area (Å²) in [4.78, 5) is 11.8. The van der Waals surface area contributed by atoms with Gasteiger partial charge >= 0.3 is 6.09 Å². The quantitative estimate of drug-likeness (QED) is 0.575. The lowest BCUT2D eigenvalue weighted by Crippen LogP contribution is -2.54. The van der Waals surface area contributed by atoms with Gasteiger partial charge in [-0.05, 0) is 43.2 Å². The summed E-state index contributed by atoms with van der Waals surface area (Å²) in [7, 11) is 0. The Labute approximate surface area is 129 Å². The lowest BCUT2D eigenvalue weighted by Gasteiger charge is -2.26. The minimum atomic E-state index is -1.01. The van der Waals surface area contributed by atoms with Gasteiger partial charge in [0.15, 0.2) is 6.23 Å². The summed E-state index contributed by atoms with van der Waals surface area (Å²) in [5, 5.41) is 5.60. The molecule has 1 aliphatic carbocycles. The lowest BCUT2D eigenvalue weighted by molar-refractivity contribution is 0.0836. The van der Waals surface area contributed by atoms with Crippen LogP contribution in [-0.2, 0) is 11.3 Å². The van der Waals surface area contributed by atoms with Gasteiger partial charge in [-0.3, -0.25) is 10.6 Å². The van der Waals surface area contributed by atoms with Gasteiger partial charge in [-0.15, -0.1) is 0 Å². The molecule has 22 heavy (non-hydrogen) atoms. The van der Waals surface area contributed by atoms with Crippen molar-refractivity contribution in [2.75, 3.05) is 0 Å². The van der Waals surface area contributed by atoms with Crippen molar-refractivity contribution in [1.29, 1.82) is 0 Å². The topological polar surface area (TPSA) is 76.4 Å². The fraction of sp³-hybridized carbons (Fsp3) is 0.312. The molecule has 1 aromatic rings. The van der Waals surface area contributed by atoms with Gasteiger partial charge in [0.1, 0.15) is 11.5 Å². The smallest absolute Gasteiger partial charge is 0.410 e. The summed E-state index contributed by atoms with van der Waals surface area (Å²) in [5.74, 6) is -0.283. The van der Waals surface area contributed by atoms with Gasteiger partial charge in [0.2, 0.25) is 0 Å². The third-order valence-corrected chi connectivity index (χ3v) is 3.17. The van der Waals surface area contributed by atoms with Crippen molar-refractivity contribution < 1.29 is 13.9 Å². The molecule has 4 N–H and O–H groups in total. The molecular formula is C16H20FN3O2. The molecule has 0 heterocycles. The predicted molar refractivity (Wildman–Crippen MR) is 82.1 cm³/mol. The number of hydrogen-bond donors (Lipinski definition) is 3. The Morgan fingerprint density at radius 2 is 2.00 bits per heavy atom. The molecule has 0 aliphatic heterocycles. The monoisotopic (exact) mass is 305 g/mol. The Hall–Kier alpha value is -2.18. The zero-order chi connectivity index (χ0) is 16.0. The number of benzene rings is 1. The number of nitrogens with one attached hydrogen (secondary N) is 2. The Balaban J connectivity index is 1.76. The molecule has 0 spiro atoms. The number of halogens is 1. The number of rotatable bonds is 5. The van der Waals surface area contributed by atoms with Crippen LogP contribution in [0.15, 0.2) is 48.6 Å². The Bertz CT molecular complexity index is 557. The molecule has 5 nitrogen and oxygen atoms in total. The van der Waals surface area contributed by atoms with Crippen LogP contribution in [0.4, 0.5) is 9.18 Å². The first-order chi connectivity index (χ1) is 10.5.